The number of aromatic nitrogens is 3. The first-order valence-electron chi connectivity index (χ1n) is 4.85. The van der Waals surface area contributed by atoms with Gasteiger partial charge >= 0.3 is 0 Å². The number of aromatic amines is 1. The molecule has 0 aliphatic heterocycles. The molecule has 0 radical (unpaired) electrons. The van der Waals surface area contributed by atoms with E-state index in [0.29, 0.717) is 5.75 Å². The molecule has 88 valence electrons. The topological polar surface area (TPSA) is 100 Å². The van der Waals surface area contributed by atoms with E-state index in [0.717, 1.165) is 16.3 Å². The monoisotopic (exact) mass is 249 g/mol. The molecule has 0 amide bonds. The summed E-state index contributed by atoms with van der Waals surface area (Å²) in [6.07, 6.45) is 1.46. The molecule has 17 heavy (non-hydrogen) atoms. The van der Waals surface area contributed by atoms with Crippen molar-refractivity contribution in [3.8, 4) is 0 Å². The highest BCUT2D eigenvalue weighted by molar-refractivity contribution is 7.98. The molecule has 2 aromatic rings. The van der Waals surface area contributed by atoms with Gasteiger partial charge in [-0.3, -0.25) is 5.10 Å². The van der Waals surface area contributed by atoms with Crippen LogP contribution in [0.3, 0.4) is 0 Å². The van der Waals surface area contributed by atoms with Gasteiger partial charge in [-0.1, -0.05) is 41.2 Å². The number of nitrogens with zero attached hydrogens (tertiary/aromatic N) is 3. The average molecular weight is 249 g/mol. The summed E-state index contributed by atoms with van der Waals surface area (Å²) < 4.78 is 0. The Balaban J connectivity index is 2.15. The minimum atomic E-state index is 0.110. The van der Waals surface area contributed by atoms with Gasteiger partial charge in [0.15, 0.2) is 11.0 Å². The Morgan fingerprint density at radius 1 is 1.47 bits per heavy atom. The van der Waals surface area contributed by atoms with Crippen molar-refractivity contribution in [2.24, 2.45) is 10.9 Å². The van der Waals surface area contributed by atoms with Gasteiger partial charge in [0.1, 0.15) is 6.33 Å². The van der Waals surface area contributed by atoms with Crippen molar-refractivity contribution in [3.05, 3.63) is 41.7 Å². The summed E-state index contributed by atoms with van der Waals surface area (Å²) in [5, 5.41) is 19.0. The number of nitrogens with two attached hydrogens (primary N) is 1. The fraction of sp³-hybridized carbons (Fsp3) is 0.100. The third-order valence-corrected chi connectivity index (χ3v) is 3.08. The number of rotatable bonds is 4. The molecule has 0 saturated heterocycles. The summed E-state index contributed by atoms with van der Waals surface area (Å²) in [6, 6.07) is 7.49. The highest BCUT2D eigenvalue weighted by atomic mass is 32.2. The Morgan fingerprint density at radius 3 is 3.00 bits per heavy atom. The van der Waals surface area contributed by atoms with Crippen LogP contribution in [0.5, 0.6) is 0 Å². The highest BCUT2D eigenvalue weighted by Crippen LogP contribution is 2.20. The Hall–Kier alpha value is -2.02. The number of benzene rings is 1. The predicted octanol–water partition coefficient (Wildman–Crippen LogP) is 1.19. The molecule has 0 aliphatic carbocycles. The van der Waals surface area contributed by atoms with Crippen LogP contribution in [0, 0.1) is 0 Å². The molecule has 0 aliphatic rings. The molecule has 1 heterocycles. The molecule has 4 N–H and O–H groups in total. The molecule has 0 bridgehead atoms. The number of nitrogens with one attached hydrogen (secondary N) is 1. The summed E-state index contributed by atoms with van der Waals surface area (Å²) >= 11 is 1.50. The Bertz CT molecular complexity index is 511. The lowest BCUT2D eigenvalue weighted by atomic mass is 10.1. The summed E-state index contributed by atoms with van der Waals surface area (Å²) in [4.78, 5) is 4.01. The SMILES string of the molecule is NC(=NO)c1ccccc1CSc1ncn[nH]1. The zero-order valence-corrected chi connectivity index (χ0v) is 9.68. The number of hydrogen-bond acceptors (Lipinski definition) is 5. The van der Waals surface area contributed by atoms with Gasteiger partial charge in [0.05, 0.1) is 0 Å². The Labute approximate surface area is 102 Å². The van der Waals surface area contributed by atoms with Crippen molar-refractivity contribution in [1.82, 2.24) is 15.2 Å². The van der Waals surface area contributed by atoms with Gasteiger partial charge in [-0.15, -0.1) is 0 Å². The lowest BCUT2D eigenvalue weighted by Gasteiger charge is -2.06. The zero-order valence-electron chi connectivity index (χ0n) is 8.87. The second-order valence-corrected chi connectivity index (χ2v) is 4.19. The van der Waals surface area contributed by atoms with E-state index in [9.17, 15) is 0 Å². The first kappa shape index (κ1) is 11.5. The van der Waals surface area contributed by atoms with E-state index in [1.165, 1.54) is 18.1 Å². The Kier molecular flexibility index (Phi) is 3.61. The van der Waals surface area contributed by atoms with Gasteiger partial charge < -0.3 is 10.9 Å². The molecule has 0 saturated carbocycles. The number of amidine groups is 1. The van der Waals surface area contributed by atoms with Crippen molar-refractivity contribution in [1.29, 1.82) is 0 Å². The second kappa shape index (κ2) is 5.35. The largest absolute Gasteiger partial charge is 0.409 e. The van der Waals surface area contributed by atoms with Crippen LogP contribution in [0.1, 0.15) is 11.1 Å². The minimum absolute atomic E-state index is 0.110. The van der Waals surface area contributed by atoms with Crippen LogP contribution in [-0.4, -0.2) is 26.2 Å². The molecule has 0 atom stereocenters. The second-order valence-electron chi connectivity index (χ2n) is 3.22. The normalized spacial score (nSPS) is 11.6. The lowest BCUT2D eigenvalue weighted by molar-refractivity contribution is 0.318. The Morgan fingerprint density at radius 2 is 2.29 bits per heavy atom. The van der Waals surface area contributed by atoms with Crippen LogP contribution in [-0.2, 0) is 5.75 Å². The van der Waals surface area contributed by atoms with Gasteiger partial charge in [0.25, 0.3) is 0 Å². The molecule has 6 nitrogen and oxygen atoms in total. The van der Waals surface area contributed by atoms with Crippen LogP contribution in [0.25, 0.3) is 0 Å². The van der Waals surface area contributed by atoms with Crippen molar-refractivity contribution in [3.63, 3.8) is 0 Å². The van der Waals surface area contributed by atoms with Crippen LogP contribution in [0.4, 0.5) is 0 Å². The first-order chi connectivity index (χ1) is 8.31. The van der Waals surface area contributed by atoms with E-state index in [1.807, 2.05) is 24.3 Å². The van der Waals surface area contributed by atoms with E-state index < -0.39 is 0 Å². The molecule has 7 heteroatoms. The quantitative estimate of drug-likeness (QED) is 0.248. The molecule has 0 fully saturated rings. The van der Waals surface area contributed by atoms with Crippen molar-refractivity contribution in [2.45, 2.75) is 10.9 Å². The first-order valence-corrected chi connectivity index (χ1v) is 5.84. The van der Waals surface area contributed by atoms with Crippen LogP contribution >= 0.6 is 11.8 Å². The highest BCUT2D eigenvalue weighted by Gasteiger charge is 2.07. The van der Waals surface area contributed by atoms with Gasteiger partial charge in [0, 0.05) is 11.3 Å². The molecule has 1 aromatic heterocycles. The van der Waals surface area contributed by atoms with Crippen LogP contribution < -0.4 is 5.73 Å². The smallest absolute Gasteiger partial charge is 0.183 e. The fourth-order valence-corrected chi connectivity index (χ4v) is 2.14. The number of H-pyrrole nitrogens is 1. The molecular formula is C10H11N5OS. The standard InChI is InChI=1S/C10H11N5OS/c11-9(15-16)8-4-2-1-3-7(8)5-17-10-12-6-13-14-10/h1-4,6,16H,5H2,(H2,11,15)(H,12,13,14). The summed E-state index contributed by atoms with van der Waals surface area (Å²) in [6.45, 7) is 0. The lowest BCUT2D eigenvalue weighted by Crippen LogP contribution is -2.15. The van der Waals surface area contributed by atoms with Gasteiger partial charge in [-0.25, -0.2) is 4.98 Å². The maximum Gasteiger partial charge on any atom is 0.183 e. The van der Waals surface area contributed by atoms with Gasteiger partial charge in [0.2, 0.25) is 0 Å². The van der Waals surface area contributed by atoms with Gasteiger partial charge in [-0.2, -0.15) is 5.10 Å². The summed E-state index contributed by atoms with van der Waals surface area (Å²) in [5.74, 6) is 0.778. The number of oxime groups is 1. The molecular weight excluding hydrogens is 238 g/mol. The van der Waals surface area contributed by atoms with E-state index in [-0.39, 0.29) is 5.84 Å². The maximum absolute atomic E-state index is 8.69. The van der Waals surface area contributed by atoms with E-state index in [1.54, 1.807) is 0 Å². The predicted molar refractivity (Wildman–Crippen MR) is 64.9 cm³/mol. The van der Waals surface area contributed by atoms with Crippen molar-refractivity contribution < 1.29 is 5.21 Å². The average Bonchev–Trinajstić information content (AvgIpc) is 2.89. The maximum atomic E-state index is 8.69. The minimum Gasteiger partial charge on any atom is -0.409 e. The molecule has 1 aromatic carbocycles. The zero-order chi connectivity index (χ0) is 12.1. The molecule has 0 unspecified atom stereocenters. The summed E-state index contributed by atoms with van der Waals surface area (Å²) in [7, 11) is 0. The third kappa shape index (κ3) is 2.76. The van der Waals surface area contributed by atoms with E-state index in [2.05, 4.69) is 20.3 Å². The molecule has 2 rings (SSSR count). The fourth-order valence-electron chi connectivity index (χ4n) is 1.36. The summed E-state index contributed by atoms with van der Waals surface area (Å²) in [5.41, 5.74) is 7.30. The number of thioether (sulfide) groups is 1. The van der Waals surface area contributed by atoms with Gasteiger partial charge in [-0.05, 0) is 5.56 Å². The van der Waals surface area contributed by atoms with Crippen LogP contribution in [0.2, 0.25) is 0 Å². The molecule has 0 spiro atoms. The van der Waals surface area contributed by atoms with Crippen LogP contribution in [0.15, 0.2) is 40.9 Å². The number of hydrogen-bond donors (Lipinski definition) is 3. The van der Waals surface area contributed by atoms with E-state index in [4.69, 9.17) is 10.9 Å². The van der Waals surface area contributed by atoms with Crippen molar-refractivity contribution in [2.75, 3.05) is 0 Å². The third-order valence-electron chi connectivity index (χ3n) is 2.16. The van der Waals surface area contributed by atoms with E-state index >= 15 is 0 Å². The van der Waals surface area contributed by atoms with Crippen molar-refractivity contribution >= 4 is 17.6 Å².